The summed E-state index contributed by atoms with van der Waals surface area (Å²) >= 11 is 0. The summed E-state index contributed by atoms with van der Waals surface area (Å²) in [6.45, 7) is 5.84. The average Bonchev–Trinajstić information content (AvgIpc) is 2.34. The van der Waals surface area contributed by atoms with Crippen LogP contribution in [0.2, 0.25) is 0 Å². The Morgan fingerprint density at radius 2 is 1.75 bits per heavy atom. The maximum atomic E-state index is 12.5. The lowest BCUT2D eigenvalue weighted by atomic mass is 10.0. The molecule has 0 fully saturated rings. The van der Waals surface area contributed by atoms with Gasteiger partial charge >= 0.3 is 0 Å². The van der Waals surface area contributed by atoms with Crippen LogP contribution < -0.4 is 5.73 Å². The largest absolute Gasteiger partial charge is 0.396 e. The number of aryl methyl sites for hydroxylation is 3. The van der Waals surface area contributed by atoms with Crippen molar-refractivity contribution in [2.75, 3.05) is 5.73 Å². The van der Waals surface area contributed by atoms with Gasteiger partial charge in [0.05, 0.1) is 11.4 Å². The lowest BCUT2D eigenvalue weighted by molar-refractivity contribution is 0.592. The molecular weight excluding hydrogens is 272 g/mol. The van der Waals surface area contributed by atoms with E-state index in [0.29, 0.717) is 0 Å². The van der Waals surface area contributed by atoms with Crippen molar-refractivity contribution in [2.24, 2.45) is 0 Å². The monoisotopic (exact) mass is 290 g/mol. The first-order valence-electron chi connectivity index (χ1n) is 6.31. The number of nitrogens with two attached hydrogens (primary N) is 1. The van der Waals surface area contributed by atoms with E-state index in [2.05, 4.69) is 4.98 Å². The third-order valence-corrected chi connectivity index (χ3v) is 4.87. The number of hydrogen-bond donors (Lipinski definition) is 1. The third kappa shape index (κ3) is 2.82. The molecule has 0 saturated heterocycles. The Kier molecular flexibility index (Phi) is 3.81. The van der Waals surface area contributed by atoms with Crippen LogP contribution in [-0.2, 0) is 15.6 Å². The summed E-state index contributed by atoms with van der Waals surface area (Å²) < 4.78 is 24.9. The molecule has 2 rings (SSSR count). The van der Waals surface area contributed by atoms with Crippen molar-refractivity contribution >= 4 is 15.5 Å². The number of rotatable bonds is 3. The van der Waals surface area contributed by atoms with E-state index in [4.69, 9.17) is 5.73 Å². The fourth-order valence-corrected chi connectivity index (χ4v) is 3.98. The van der Waals surface area contributed by atoms with Crippen LogP contribution in [-0.4, -0.2) is 13.4 Å². The second-order valence-electron chi connectivity index (χ2n) is 5.03. The molecule has 0 spiro atoms. The zero-order chi connectivity index (χ0) is 14.9. The summed E-state index contributed by atoms with van der Waals surface area (Å²) in [6.07, 6.45) is 1.44. The molecule has 0 amide bonds. The predicted octanol–water partition coefficient (Wildman–Crippen LogP) is 2.56. The van der Waals surface area contributed by atoms with E-state index < -0.39 is 9.84 Å². The molecular formula is C15H18N2O2S. The van der Waals surface area contributed by atoms with E-state index in [-0.39, 0.29) is 16.5 Å². The van der Waals surface area contributed by atoms with Crippen molar-refractivity contribution in [1.29, 1.82) is 0 Å². The zero-order valence-corrected chi connectivity index (χ0v) is 12.7. The highest BCUT2D eigenvalue weighted by atomic mass is 32.2. The summed E-state index contributed by atoms with van der Waals surface area (Å²) in [7, 11) is -3.54. The minimum absolute atomic E-state index is 0.0422. The molecule has 4 nitrogen and oxygen atoms in total. The van der Waals surface area contributed by atoms with Crippen LogP contribution in [0.3, 0.4) is 0 Å². The van der Waals surface area contributed by atoms with Crippen LogP contribution in [0, 0.1) is 20.8 Å². The highest BCUT2D eigenvalue weighted by molar-refractivity contribution is 7.90. The van der Waals surface area contributed by atoms with Gasteiger partial charge in [-0.25, -0.2) is 13.4 Å². The number of pyridine rings is 1. The normalized spacial score (nSPS) is 11.6. The molecule has 0 unspecified atom stereocenters. The Morgan fingerprint density at radius 3 is 2.30 bits per heavy atom. The number of hydrogen-bond acceptors (Lipinski definition) is 4. The molecule has 2 N–H and O–H groups in total. The molecule has 1 heterocycles. The van der Waals surface area contributed by atoms with Crippen LogP contribution in [0.15, 0.2) is 35.5 Å². The van der Waals surface area contributed by atoms with Crippen LogP contribution in [0.25, 0.3) is 0 Å². The van der Waals surface area contributed by atoms with Gasteiger partial charge in [0.2, 0.25) is 9.84 Å². The van der Waals surface area contributed by atoms with Gasteiger partial charge in [0, 0.05) is 6.20 Å². The lowest BCUT2D eigenvalue weighted by Gasteiger charge is -2.12. The highest BCUT2D eigenvalue weighted by Gasteiger charge is 2.21. The van der Waals surface area contributed by atoms with Gasteiger partial charge in [-0.15, -0.1) is 0 Å². The van der Waals surface area contributed by atoms with Gasteiger partial charge in [-0.3, -0.25) is 0 Å². The topological polar surface area (TPSA) is 73.0 Å². The van der Waals surface area contributed by atoms with Crippen molar-refractivity contribution in [1.82, 2.24) is 4.98 Å². The maximum absolute atomic E-state index is 12.5. The van der Waals surface area contributed by atoms with Gasteiger partial charge in [-0.05, 0) is 49.6 Å². The van der Waals surface area contributed by atoms with Gasteiger partial charge in [-0.2, -0.15) is 0 Å². The number of nitrogen functional groups attached to an aromatic ring is 1. The fourth-order valence-electron chi connectivity index (χ4n) is 2.36. The second-order valence-corrected chi connectivity index (χ2v) is 6.94. The number of nitrogens with zero attached hydrogens (tertiary/aromatic N) is 1. The van der Waals surface area contributed by atoms with Gasteiger partial charge in [0.1, 0.15) is 0 Å². The van der Waals surface area contributed by atoms with Crippen LogP contribution >= 0.6 is 0 Å². The Morgan fingerprint density at radius 1 is 1.15 bits per heavy atom. The Labute approximate surface area is 119 Å². The summed E-state index contributed by atoms with van der Waals surface area (Å²) in [5.41, 5.74) is 9.80. The van der Waals surface area contributed by atoms with E-state index in [1.165, 1.54) is 6.20 Å². The van der Waals surface area contributed by atoms with Gasteiger partial charge < -0.3 is 5.73 Å². The number of anilines is 1. The molecule has 1 aromatic carbocycles. The van der Waals surface area contributed by atoms with Crippen molar-refractivity contribution < 1.29 is 8.42 Å². The fraction of sp³-hybridized carbons (Fsp3) is 0.267. The first-order chi connectivity index (χ1) is 9.31. The Hall–Kier alpha value is -1.88. The summed E-state index contributed by atoms with van der Waals surface area (Å²) in [6, 6.07) is 7.14. The molecule has 2 aromatic rings. The van der Waals surface area contributed by atoms with E-state index in [1.54, 1.807) is 12.1 Å². The van der Waals surface area contributed by atoms with Crippen molar-refractivity contribution in [3.05, 3.63) is 52.7 Å². The predicted molar refractivity (Wildman–Crippen MR) is 80.2 cm³/mol. The van der Waals surface area contributed by atoms with Crippen molar-refractivity contribution in [3.8, 4) is 0 Å². The highest BCUT2D eigenvalue weighted by Crippen LogP contribution is 2.24. The molecule has 1 aromatic heterocycles. The molecule has 0 atom stereocenters. The SMILES string of the molecule is Cc1cc(C)c(CS(=O)(=O)c2ncccc2N)c(C)c1. The van der Waals surface area contributed by atoms with Crippen LogP contribution in [0.4, 0.5) is 5.69 Å². The van der Waals surface area contributed by atoms with E-state index in [9.17, 15) is 8.42 Å². The Bertz CT molecular complexity index is 729. The molecule has 0 radical (unpaired) electrons. The van der Waals surface area contributed by atoms with E-state index in [1.807, 2.05) is 32.9 Å². The molecule has 0 aliphatic carbocycles. The van der Waals surface area contributed by atoms with Crippen LogP contribution in [0.1, 0.15) is 22.3 Å². The van der Waals surface area contributed by atoms with Gasteiger partial charge in [0.25, 0.3) is 0 Å². The van der Waals surface area contributed by atoms with Gasteiger partial charge in [0.15, 0.2) is 5.03 Å². The first kappa shape index (κ1) is 14.5. The molecule has 106 valence electrons. The lowest BCUT2D eigenvalue weighted by Crippen LogP contribution is -2.11. The first-order valence-corrected chi connectivity index (χ1v) is 7.96. The van der Waals surface area contributed by atoms with Gasteiger partial charge in [-0.1, -0.05) is 17.7 Å². The molecule has 0 aliphatic heterocycles. The molecule has 5 heteroatoms. The van der Waals surface area contributed by atoms with Crippen LogP contribution in [0.5, 0.6) is 0 Å². The summed E-state index contributed by atoms with van der Waals surface area (Å²) in [5.74, 6) is -0.0772. The number of aromatic nitrogens is 1. The molecule has 0 bridgehead atoms. The van der Waals surface area contributed by atoms with E-state index >= 15 is 0 Å². The van der Waals surface area contributed by atoms with Crippen molar-refractivity contribution in [3.63, 3.8) is 0 Å². The standard InChI is InChI=1S/C15H18N2O2S/c1-10-7-11(2)13(12(3)8-10)9-20(18,19)15-14(16)5-4-6-17-15/h4-8H,9,16H2,1-3H3. The molecule has 0 saturated carbocycles. The summed E-state index contributed by atoms with van der Waals surface area (Å²) in [4.78, 5) is 3.91. The minimum Gasteiger partial charge on any atom is -0.396 e. The molecule has 20 heavy (non-hydrogen) atoms. The summed E-state index contributed by atoms with van der Waals surface area (Å²) in [5, 5.41) is -0.0422. The average molecular weight is 290 g/mol. The number of sulfone groups is 1. The minimum atomic E-state index is -3.54. The third-order valence-electron chi connectivity index (χ3n) is 3.27. The Balaban J connectivity index is 2.47. The zero-order valence-electron chi connectivity index (χ0n) is 11.8. The second kappa shape index (κ2) is 5.25. The molecule has 0 aliphatic rings. The van der Waals surface area contributed by atoms with E-state index in [0.717, 1.165) is 22.3 Å². The van der Waals surface area contributed by atoms with Crippen molar-refractivity contribution in [2.45, 2.75) is 31.6 Å². The quantitative estimate of drug-likeness (QED) is 0.943. The smallest absolute Gasteiger partial charge is 0.201 e. The number of benzene rings is 1. The maximum Gasteiger partial charge on any atom is 0.201 e.